The fourth-order valence-electron chi connectivity index (χ4n) is 4.84. The third-order valence-electron chi connectivity index (χ3n) is 6.10. The van der Waals surface area contributed by atoms with Gasteiger partial charge in [0.1, 0.15) is 11.4 Å². The number of nitriles is 1. The second-order valence-electron chi connectivity index (χ2n) is 7.65. The van der Waals surface area contributed by atoms with E-state index in [0.29, 0.717) is 28.5 Å². The number of benzene rings is 2. The summed E-state index contributed by atoms with van der Waals surface area (Å²) in [6, 6.07) is 21.2. The molecule has 1 aliphatic carbocycles. The molecule has 3 atom stereocenters. The summed E-state index contributed by atoms with van der Waals surface area (Å²) >= 11 is 7.08. The highest BCUT2D eigenvalue weighted by atomic mass is 35.5. The highest BCUT2D eigenvalue weighted by Gasteiger charge is 2.69. The lowest BCUT2D eigenvalue weighted by molar-refractivity contribution is -0.107. The molecule has 0 amide bonds. The van der Waals surface area contributed by atoms with Gasteiger partial charge in [0.05, 0.1) is 16.7 Å². The number of rotatable bonds is 3. The SMILES string of the molecule is CSN=O.N#Cc1ccc(C23Oc4cc(Cl)cnc4C2(O)CCC3c2ccccc2)cc1. The summed E-state index contributed by atoms with van der Waals surface area (Å²) in [4.78, 5) is 13.3. The fraction of sp³-hybridized carbons (Fsp3) is 0.250. The van der Waals surface area contributed by atoms with E-state index in [1.165, 1.54) is 0 Å². The lowest BCUT2D eigenvalue weighted by Crippen LogP contribution is -2.48. The second kappa shape index (κ2) is 8.91. The van der Waals surface area contributed by atoms with Crippen molar-refractivity contribution >= 4 is 23.5 Å². The zero-order valence-electron chi connectivity index (χ0n) is 17.2. The molecule has 2 aliphatic rings. The first-order chi connectivity index (χ1) is 15.5. The monoisotopic (exact) mass is 465 g/mol. The summed E-state index contributed by atoms with van der Waals surface area (Å²) in [6.45, 7) is 0. The Morgan fingerprint density at radius 1 is 1.25 bits per heavy atom. The van der Waals surface area contributed by atoms with Gasteiger partial charge < -0.3 is 9.84 Å². The molecule has 0 saturated heterocycles. The van der Waals surface area contributed by atoms with Gasteiger partial charge in [-0.2, -0.15) is 5.26 Å². The van der Waals surface area contributed by atoms with Crippen LogP contribution in [0.1, 0.15) is 41.1 Å². The molecule has 1 aliphatic heterocycles. The maximum atomic E-state index is 11.9. The van der Waals surface area contributed by atoms with Crippen LogP contribution in [0.5, 0.6) is 5.75 Å². The number of pyridine rings is 1. The van der Waals surface area contributed by atoms with Gasteiger partial charge in [0.2, 0.25) is 0 Å². The van der Waals surface area contributed by atoms with E-state index in [-0.39, 0.29) is 5.92 Å². The summed E-state index contributed by atoms with van der Waals surface area (Å²) in [5.41, 5.74) is 0.717. The van der Waals surface area contributed by atoms with E-state index in [9.17, 15) is 10.4 Å². The van der Waals surface area contributed by atoms with Gasteiger partial charge in [0, 0.05) is 41.0 Å². The Hall–Kier alpha value is -2.92. The van der Waals surface area contributed by atoms with E-state index in [2.05, 4.69) is 27.8 Å². The molecule has 0 radical (unpaired) electrons. The van der Waals surface area contributed by atoms with Crippen LogP contribution in [0.25, 0.3) is 0 Å². The fourth-order valence-corrected chi connectivity index (χ4v) is 4.99. The number of halogens is 1. The van der Waals surface area contributed by atoms with Crippen LogP contribution in [-0.2, 0) is 11.2 Å². The van der Waals surface area contributed by atoms with Gasteiger partial charge in [-0.25, -0.2) is 0 Å². The summed E-state index contributed by atoms with van der Waals surface area (Å²) in [5, 5.41) is 21.6. The number of nitrogens with zero attached hydrogens (tertiary/aromatic N) is 3. The Morgan fingerprint density at radius 2 is 1.94 bits per heavy atom. The van der Waals surface area contributed by atoms with Crippen molar-refractivity contribution in [1.82, 2.24) is 4.98 Å². The van der Waals surface area contributed by atoms with Crippen LogP contribution in [-0.4, -0.2) is 16.3 Å². The van der Waals surface area contributed by atoms with E-state index >= 15 is 0 Å². The smallest absolute Gasteiger partial charge is 0.175 e. The number of ether oxygens (including phenoxy) is 1. The van der Waals surface area contributed by atoms with E-state index in [1.807, 2.05) is 30.3 Å². The Balaban J connectivity index is 0.000000567. The largest absolute Gasteiger partial charge is 0.476 e. The van der Waals surface area contributed by atoms with Gasteiger partial charge in [-0.15, -0.1) is 4.91 Å². The standard InChI is InChI=1S/C23H17ClN2O2.CH3NOS/c24-18-12-20-21(26-14-18)22(27)11-10-19(16-4-2-1-3-5-16)23(22,28-20)17-8-6-15(13-25)7-9-17;1-4-2-3/h1-9,12,14,19,27H,10-11H2;1H3. The maximum Gasteiger partial charge on any atom is 0.175 e. The molecule has 5 rings (SSSR count). The van der Waals surface area contributed by atoms with Crippen LogP contribution in [0.4, 0.5) is 0 Å². The lowest BCUT2D eigenvalue weighted by atomic mass is 9.72. The molecule has 1 fully saturated rings. The van der Waals surface area contributed by atoms with Gasteiger partial charge in [-0.1, -0.05) is 54.1 Å². The normalized spacial score (nSPS) is 24.9. The Morgan fingerprint density at radius 3 is 2.56 bits per heavy atom. The van der Waals surface area contributed by atoms with Crippen LogP contribution >= 0.6 is 23.5 Å². The molecule has 162 valence electrons. The third kappa shape index (κ3) is 3.45. The number of nitroso groups, excluding NO2 is 1. The van der Waals surface area contributed by atoms with Crippen LogP contribution in [0, 0.1) is 16.2 Å². The first-order valence-electron chi connectivity index (χ1n) is 9.99. The van der Waals surface area contributed by atoms with Crippen LogP contribution < -0.4 is 4.74 Å². The number of aromatic nitrogens is 1. The van der Waals surface area contributed by atoms with Crippen LogP contribution in [0.3, 0.4) is 0 Å². The van der Waals surface area contributed by atoms with E-state index < -0.39 is 11.2 Å². The third-order valence-corrected chi connectivity index (χ3v) is 6.46. The Kier molecular flexibility index (Phi) is 6.20. The average molecular weight is 466 g/mol. The van der Waals surface area contributed by atoms with Crippen molar-refractivity contribution in [3.05, 3.63) is 99.2 Å². The molecule has 0 bridgehead atoms. The zero-order valence-corrected chi connectivity index (χ0v) is 18.8. The van der Waals surface area contributed by atoms with Crippen molar-refractivity contribution in [2.75, 3.05) is 6.26 Å². The molecule has 6 nitrogen and oxygen atoms in total. The highest BCUT2D eigenvalue weighted by Crippen LogP contribution is 2.66. The molecule has 3 aromatic rings. The molecular weight excluding hydrogens is 446 g/mol. The maximum absolute atomic E-state index is 11.9. The highest BCUT2D eigenvalue weighted by molar-refractivity contribution is 7.97. The van der Waals surface area contributed by atoms with Gasteiger partial charge in [0.15, 0.2) is 11.2 Å². The lowest BCUT2D eigenvalue weighted by Gasteiger charge is -2.39. The van der Waals surface area contributed by atoms with Gasteiger partial charge >= 0.3 is 0 Å². The quantitative estimate of drug-likeness (QED) is 0.394. The second-order valence-corrected chi connectivity index (χ2v) is 8.60. The first-order valence-corrected chi connectivity index (χ1v) is 11.5. The number of fused-ring (bicyclic) bond motifs is 3. The van der Waals surface area contributed by atoms with Crippen molar-refractivity contribution < 1.29 is 9.84 Å². The van der Waals surface area contributed by atoms with Crippen molar-refractivity contribution in [2.45, 2.75) is 30.0 Å². The van der Waals surface area contributed by atoms with Gasteiger partial charge in [0.25, 0.3) is 0 Å². The zero-order chi connectivity index (χ0) is 22.8. The molecule has 0 spiro atoms. The molecule has 32 heavy (non-hydrogen) atoms. The van der Waals surface area contributed by atoms with Gasteiger partial charge in [-0.05, 0) is 36.1 Å². The van der Waals surface area contributed by atoms with Gasteiger partial charge in [-0.3, -0.25) is 4.98 Å². The first kappa shape index (κ1) is 22.3. The van der Waals surface area contributed by atoms with Crippen molar-refractivity contribution in [1.29, 1.82) is 5.26 Å². The minimum Gasteiger partial charge on any atom is -0.476 e. The molecule has 2 aromatic carbocycles. The number of aliphatic hydroxyl groups is 1. The van der Waals surface area contributed by atoms with E-state index in [4.69, 9.17) is 21.2 Å². The molecule has 1 N–H and O–H groups in total. The molecule has 2 heterocycles. The van der Waals surface area contributed by atoms with Crippen molar-refractivity contribution in [3.8, 4) is 11.8 Å². The van der Waals surface area contributed by atoms with E-state index in [0.717, 1.165) is 29.5 Å². The minimum atomic E-state index is -1.28. The topological polar surface area (TPSA) is 95.6 Å². The summed E-state index contributed by atoms with van der Waals surface area (Å²) in [6.07, 6.45) is 4.44. The number of hydrogen-bond acceptors (Lipinski definition) is 7. The molecule has 8 heteroatoms. The van der Waals surface area contributed by atoms with Crippen molar-refractivity contribution in [3.63, 3.8) is 0 Å². The van der Waals surface area contributed by atoms with Crippen LogP contribution in [0.2, 0.25) is 5.02 Å². The molecule has 3 unspecified atom stereocenters. The summed E-state index contributed by atoms with van der Waals surface area (Å²) < 4.78 is 8.95. The predicted molar refractivity (Wildman–Crippen MR) is 124 cm³/mol. The predicted octanol–water partition coefficient (Wildman–Crippen LogP) is 5.69. The Bertz CT molecular complexity index is 1170. The molecule has 1 saturated carbocycles. The van der Waals surface area contributed by atoms with Crippen LogP contribution in [0.15, 0.2) is 71.4 Å². The molecular formula is C24H20ClN3O3S. The van der Waals surface area contributed by atoms with Crippen molar-refractivity contribution in [2.24, 2.45) is 4.58 Å². The summed E-state index contributed by atoms with van der Waals surface area (Å²) in [5.74, 6) is 0.444. The average Bonchev–Trinajstić information content (AvgIpc) is 3.26. The van der Waals surface area contributed by atoms with E-state index in [1.54, 1.807) is 30.7 Å². The summed E-state index contributed by atoms with van der Waals surface area (Å²) in [7, 11) is 0. The Labute approximate surface area is 195 Å². The minimum absolute atomic E-state index is 0.0698. The molecule has 1 aromatic heterocycles. The number of hydrogen-bond donors (Lipinski definition) is 1.